The third-order valence-corrected chi connectivity index (χ3v) is 17.2. The number of hydrogen-bond acceptors (Lipinski definition) is 4. The molecule has 0 bridgehead atoms. The Morgan fingerprint density at radius 3 is 1.65 bits per heavy atom. The third-order valence-electron chi connectivity index (χ3n) is 6.05. The van der Waals surface area contributed by atoms with Gasteiger partial charge in [-0.25, -0.2) is 0 Å². The molecule has 0 saturated carbocycles. The van der Waals surface area contributed by atoms with Crippen LogP contribution < -0.4 is 15.9 Å². The molecule has 0 atom stereocenters. The first-order valence-corrected chi connectivity index (χ1v) is 15.8. The van der Waals surface area contributed by atoms with Crippen molar-refractivity contribution in [3.05, 3.63) is 130 Å². The Hall–Kier alpha value is -3.09. The van der Waals surface area contributed by atoms with Crippen molar-refractivity contribution >= 4 is 53.9 Å². The van der Waals surface area contributed by atoms with E-state index in [2.05, 4.69) is 58.4 Å². The van der Waals surface area contributed by atoms with Gasteiger partial charge in [-0.05, 0) is 0 Å². The minimum atomic E-state index is -3.27. The summed E-state index contributed by atoms with van der Waals surface area (Å²) in [6, 6.07) is 35.3. The van der Waals surface area contributed by atoms with Gasteiger partial charge in [-0.1, -0.05) is 0 Å². The number of benzene rings is 4. The zero-order chi connectivity index (χ0) is 24.2. The van der Waals surface area contributed by atoms with Crippen molar-refractivity contribution in [2.75, 3.05) is 7.11 Å². The number of ether oxygens (including phenoxy) is 1. The van der Waals surface area contributed by atoms with Crippen LogP contribution in [0, 0.1) is 10.1 Å². The molecule has 0 fully saturated rings. The van der Waals surface area contributed by atoms with Crippen LogP contribution in [0.1, 0.15) is 15.9 Å². The molecule has 0 saturated heterocycles. The van der Waals surface area contributed by atoms with Gasteiger partial charge in [0.25, 0.3) is 0 Å². The van der Waals surface area contributed by atoms with Gasteiger partial charge in [-0.3, -0.25) is 0 Å². The van der Waals surface area contributed by atoms with Gasteiger partial charge < -0.3 is 0 Å². The van der Waals surface area contributed by atoms with Gasteiger partial charge in [0.2, 0.25) is 0 Å². The summed E-state index contributed by atoms with van der Waals surface area (Å²) >= 11 is 2.60. The first-order chi connectivity index (χ1) is 16.4. The number of rotatable bonds is 7. The predicted octanol–water partition coefficient (Wildman–Crippen LogP) is 5.76. The number of carbonyl (C=O) groups excluding carboxylic acids is 1. The van der Waals surface area contributed by atoms with E-state index in [1.54, 1.807) is 12.1 Å². The zero-order valence-corrected chi connectivity index (χ0v) is 21.6. The number of nitro benzene ring substituents is 1. The molecule has 0 aliphatic heterocycles. The minimum absolute atomic E-state index is 0.0867. The van der Waals surface area contributed by atoms with Gasteiger partial charge in [0.05, 0.1) is 0 Å². The number of nitrogens with zero attached hydrogens (tertiary/aromatic N) is 1. The first kappa shape index (κ1) is 24.0. The Labute approximate surface area is 211 Å². The molecule has 0 aliphatic rings. The molecular weight excluding hydrogens is 560 g/mol. The molecule has 0 radical (unpaired) electrons. The molecule has 0 aliphatic carbocycles. The number of halogens is 1. The molecule has 4 rings (SSSR count). The molecule has 4 aromatic rings. The Morgan fingerprint density at radius 1 is 0.824 bits per heavy atom. The molecule has 0 spiro atoms. The third kappa shape index (κ3) is 4.12. The van der Waals surface area contributed by atoms with Gasteiger partial charge >= 0.3 is 212 Å². The second-order valence-corrected chi connectivity index (χ2v) is 18.6. The molecule has 0 N–H and O–H groups in total. The van der Waals surface area contributed by atoms with E-state index in [9.17, 15) is 14.9 Å². The monoisotopic (exact) mass is 583 g/mol. The Morgan fingerprint density at radius 2 is 1.26 bits per heavy atom. The van der Waals surface area contributed by atoms with Crippen LogP contribution in [0.25, 0.3) is 0 Å². The second-order valence-electron chi connectivity index (χ2n) is 7.94. The summed E-state index contributed by atoms with van der Waals surface area (Å²) in [5.41, 5.74) is 0.642. The van der Waals surface area contributed by atoms with Crippen molar-refractivity contribution in [2.24, 2.45) is 0 Å². The summed E-state index contributed by atoms with van der Waals surface area (Å²) in [5.74, 6) is -0.601. The SMILES string of the molecule is COC(=O)c1ccc(CP(I)(c2ccccc2)(c2ccccc2)c2ccccc2)c([N+](=O)[O-])c1. The number of carbonyl (C=O) groups is 1. The molecule has 4 aromatic carbocycles. The van der Waals surface area contributed by atoms with E-state index in [4.69, 9.17) is 4.74 Å². The van der Waals surface area contributed by atoms with Gasteiger partial charge in [-0.15, -0.1) is 0 Å². The van der Waals surface area contributed by atoms with Gasteiger partial charge in [0.1, 0.15) is 0 Å². The molecule has 5 nitrogen and oxygen atoms in total. The van der Waals surface area contributed by atoms with Gasteiger partial charge in [0, 0.05) is 0 Å². The molecular formula is C27H23INO4P. The van der Waals surface area contributed by atoms with Crippen LogP contribution in [0.3, 0.4) is 0 Å². The first-order valence-electron chi connectivity index (χ1n) is 10.6. The molecule has 0 heterocycles. The summed E-state index contributed by atoms with van der Waals surface area (Å²) in [4.78, 5) is 23.8. The van der Waals surface area contributed by atoms with Crippen molar-refractivity contribution in [1.29, 1.82) is 0 Å². The summed E-state index contributed by atoms with van der Waals surface area (Å²) in [7, 11) is 1.26. The molecule has 34 heavy (non-hydrogen) atoms. The molecule has 0 unspecified atom stereocenters. The topological polar surface area (TPSA) is 69.4 Å². The van der Waals surface area contributed by atoms with Crippen molar-refractivity contribution in [3.63, 3.8) is 0 Å². The number of nitro groups is 1. The summed E-state index contributed by atoms with van der Waals surface area (Å²) in [6.45, 7) is 0. The molecule has 172 valence electrons. The van der Waals surface area contributed by atoms with E-state index >= 15 is 0 Å². The average molecular weight is 583 g/mol. The number of methoxy groups -OCH3 is 1. The van der Waals surface area contributed by atoms with E-state index in [0.717, 1.165) is 15.9 Å². The van der Waals surface area contributed by atoms with Crippen molar-refractivity contribution < 1.29 is 14.5 Å². The van der Waals surface area contributed by atoms with Gasteiger partial charge in [0.15, 0.2) is 0 Å². The quantitative estimate of drug-likeness (QED) is 0.0913. The summed E-state index contributed by atoms with van der Waals surface area (Å²) in [5, 5.41) is 15.5. The Balaban J connectivity index is 2.07. The van der Waals surface area contributed by atoms with Crippen molar-refractivity contribution in [3.8, 4) is 0 Å². The average Bonchev–Trinajstić information content (AvgIpc) is 2.90. The van der Waals surface area contributed by atoms with Crippen LogP contribution in [0.5, 0.6) is 0 Å². The van der Waals surface area contributed by atoms with Crippen LogP contribution in [-0.2, 0) is 10.9 Å². The fourth-order valence-electron chi connectivity index (χ4n) is 4.37. The Kier molecular flexibility index (Phi) is 6.82. The zero-order valence-electron chi connectivity index (χ0n) is 18.5. The van der Waals surface area contributed by atoms with E-state index in [1.807, 2.05) is 54.6 Å². The van der Waals surface area contributed by atoms with Crippen LogP contribution in [-0.4, -0.2) is 18.0 Å². The predicted molar refractivity (Wildman–Crippen MR) is 147 cm³/mol. The maximum atomic E-state index is 12.2. The van der Waals surface area contributed by atoms with Crippen molar-refractivity contribution in [2.45, 2.75) is 6.16 Å². The standard InChI is InChI=1S/C27H23INO4P/c1-33-27(30)21-17-18-22(26(19-21)29(31)32)20-34(28,23-11-5-2-6-12-23,24-13-7-3-8-14-24)25-15-9-4-10-16-25/h2-19H,20H2,1H3. The van der Waals surface area contributed by atoms with Crippen LogP contribution in [0.4, 0.5) is 5.69 Å². The Bertz CT molecular complexity index is 1230. The second kappa shape index (κ2) is 9.65. The molecule has 7 heteroatoms. The fraction of sp³-hybridized carbons (Fsp3) is 0.0741. The molecule has 0 aromatic heterocycles. The van der Waals surface area contributed by atoms with Crippen LogP contribution in [0.15, 0.2) is 109 Å². The van der Waals surface area contributed by atoms with Gasteiger partial charge in [-0.2, -0.15) is 0 Å². The van der Waals surface area contributed by atoms with Crippen LogP contribution >= 0.6 is 26.3 Å². The normalized spacial score (nSPS) is 12.4. The van der Waals surface area contributed by atoms with E-state index in [-0.39, 0.29) is 11.3 Å². The maximum absolute atomic E-state index is 12.2. The van der Waals surface area contributed by atoms with Crippen molar-refractivity contribution in [1.82, 2.24) is 0 Å². The summed E-state index contributed by atoms with van der Waals surface area (Å²) < 4.78 is 1.52. The van der Waals surface area contributed by atoms with E-state index in [1.165, 1.54) is 13.2 Å². The fourth-order valence-corrected chi connectivity index (χ4v) is 13.1. The summed E-state index contributed by atoms with van der Waals surface area (Å²) in [6.07, 6.45) is 0.419. The number of hydrogen-bond donors (Lipinski definition) is 0. The molecule has 0 amide bonds. The number of esters is 1. The van der Waals surface area contributed by atoms with Crippen LogP contribution in [0.2, 0.25) is 0 Å². The van der Waals surface area contributed by atoms with E-state index < -0.39 is 15.1 Å². The van der Waals surface area contributed by atoms with E-state index in [0.29, 0.717) is 11.7 Å².